The number of likely N-dealkylation sites (N-methyl/N-ethyl adjacent to an activating group) is 1. The van der Waals surface area contributed by atoms with E-state index < -0.39 is 0 Å². The molecule has 0 aromatic carbocycles. The molecule has 0 amide bonds. The SMILES string of the molecule is CCC(CNC)c1nc2cc(Cl)ccn2n1. The van der Waals surface area contributed by atoms with Crippen molar-refractivity contribution in [3.8, 4) is 0 Å². The minimum absolute atomic E-state index is 0.351. The fraction of sp³-hybridized carbons (Fsp3) is 0.455. The van der Waals surface area contributed by atoms with Crippen molar-refractivity contribution in [2.24, 2.45) is 0 Å². The summed E-state index contributed by atoms with van der Waals surface area (Å²) in [5.41, 5.74) is 0.803. The molecule has 0 bridgehead atoms. The van der Waals surface area contributed by atoms with E-state index >= 15 is 0 Å². The first-order chi connectivity index (χ1) is 7.74. The lowest BCUT2D eigenvalue weighted by molar-refractivity contribution is 0.580. The van der Waals surface area contributed by atoms with Crippen LogP contribution in [0, 0.1) is 0 Å². The molecule has 0 aliphatic carbocycles. The Morgan fingerprint density at radius 2 is 2.38 bits per heavy atom. The minimum Gasteiger partial charge on any atom is -0.319 e. The molecule has 2 rings (SSSR count). The van der Waals surface area contributed by atoms with Gasteiger partial charge in [-0.1, -0.05) is 18.5 Å². The van der Waals surface area contributed by atoms with Gasteiger partial charge in [-0.25, -0.2) is 9.50 Å². The van der Waals surface area contributed by atoms with E-state index in [-0.39, 0.29) is 0 Å². The fourth-order valence-electron chi connectivity index (χ4n) is 1.71. The third-order valence-electron chi connectivity index (χ3n) is 2.62. The van der Waals surface area contributed by atoms with Gasteiger partial charge in [-0.2, -0.15) is 5.10 Å². The molecule has 0 saturated carbocycles. The molecule has 1 unspecified atom stereocenters. The van der Waals surface area contributed by atoms with Crippen LogP contribution in [0.5, 0.6) is 0 Å². The topological polar surface area (TPSA) is 42.2 Å². The molecule has 5 heteroatoms. The smallest absolute Gasteiger partial charge is 0.157 e. The monoisotopic (exact) mass is 238 g/mol. The Morgan fingerprint density at radius 3 is 3.06 bits per heavy atom. The van der Waals surface area contributed by atoms with E-state index in [0.29, 0.717) is 10.9 Å². The highest BCUT2D eigenvalue weighted by atomic mass is 35.5. The summed E-state index contributed by atoms with van der Waals surface area (Å²) in [4.78, 5) is 4.49. The maximum absolute atomic E-state index is 5.91. The highest BCUT2D eigenvalue weighted by Gasteiger charge is 2.14. The molecular formula is C11H15ClN4. The molecule has 2 aromatic rings. The largest absolute Gasteiger partial charge is 0.319 e. The van der Waals surface area contributed by atoms with Crippen molar-refractivity contribution in [1.29, 1.82) is 0 Å². The van der Waals surface area contributed by atoms with Gasteiger partial charge in [0.15, 0.2) is 11.5 Å². The summed E-state index contributed by atoms with van der Waals surface area (Å²) in [6.45, 7) is 3.03. The van der Waals surface area contributed by atoms with E-state index in [1.165, 1.54) is 0 Å². The summed E-state index contributed by atoms with van der Waals surface area (Å²) in [6.07, 6.45) is 2.85. The van der Waals surface area contributed by atoms with Gasteiger partial charge in [0, 0.05) is 29.7 Å². The molecule has 2 aromatic heterocycles. The predicted octanol–water partition coefficient (Wildman–Crippen LogP) is 2.10. The number of fused-ring (bicyclic) bond motifs is 1. The van der Waals surface area contributed by atoms with Gasteiger partial charge < -0.3 is 5.32 Å². The number of aromatic nitrogens is 3. The summed E-state index contributed by atoms with van der Waals surface area (Å²) in [5, 5.41) is 8.30. The number of hydrogen-bond donors (Lipinski definition) is 1. The van der Waals surface area contributed by atoms with Gasteiger partial charge in [-0.3, -0.25) is 0 Å². The number of hydrogen-bond acceptors (Lipinski definition) is 3. The van der Waals surface area contributed by atoms with Crippen LogP contribution >= 0.6 is 11.6 Å². The van der Waals surface area contributed by atoms with Gasteiger partial charge in [0.25, 0.3) is 0 Å². The average Bonchev–Trinajstić information content (AvgIpc) is 2.68. The second-order valence-electron chi connectivity index (χ2n) is 3.78. The van der Waals surface area contributed by atoms with Crippen molar-refractivity contribution in [2.45, 2.75) is 19.3 Å². The third-order valence-corrected chi connectivity index (χ3v) is 2.86. The zero-order valence-electron chi connectivity index (χ0n) is 9.44. The van der Waals surface area contributed by atoms with Gasteiger partial charge in [-0.05, 0) is 19.5 Å². The molecule has 2 heterocycles. The Bertz CT molecular complexity index is 480. The molecule has 0 saturated heterocycles. The first-order valence-electron chi connectivity index (χ1n) is 5.41. The summed E-state index contributed by atoms with van der Waals surface area (Å²) in [7, 11) is 1.94. The Morgan fingerprint density at radius 1 is 1.56 bits per heavy atom. The van der Waals surface area contributed by atoms with E-state index in [4.69, 9.17) is 11.6 Å². The quantitative estimate of drug-likeness (QED) is 0.887. The number of nitrogens with one attached hydrogen (secondary N) is 1. The van der Waals surface area contributed by atoms with E-state index in [2.05, 4.69) is 22.3 Å². The molecule has 1 atom stereocenters. The van der Waals surface area contributed by atoms with E-state index in [9.17, 15) is 0 Å². The molecule has 0 spiro atoms. The molecule has 16 heavy (non-hydrogen) atoms. The van der Waals surface area contributed by atoms with E-state index in [0.717, 1.165) is 24.4 Å². The van der Waals surface area contributed by atoms with Crippen molar-refractivity contribution in [3.05, 3.63) is 29.2 Å². The van der Waals surface area contributed by atoms with E-state index in [1.54, 1.807) is 4.52 Å². The molecule has 0 aliphatic rings. The van der Waals surface area contributed by atoms with Gasteiger partial charge in [0.05, 0.1) is 0 Å². The first kappa shape index (κ1) is 11.4. The second-order valence-corrected chi connectivity index (χ2v) is 4.22. The van der Waals surface area contributed by atoms with Crippen LogP contribution < -0.4 is 5.32 Å². The standard InChI is InChI=1S/C11H15ClN4/c1-3-8(7-13-2)11-14-10-6-9(12)4-5-16(10)15-11/h4-6,8,13H,3,7H2,1-2H3. The van der Waals surface area contributed by atoms with Crippen LogP contribution in [0.25, 0.3) is 5.65 Å². The van der Waals surface area contributed by atoms with Crippen LogP contribution in [-0.2, 0) is 0 Å². The molecule has 1 N–H and O–H groups in total. The van der Waals surface area contributed by atoms with Crippen LogP contribution in [0.4, 0.5) is 0 Å². The molecule has 0 fully saturated rings. The van der Waals surface area contributed by atoms with Gasteiger partial charge >= 0.3 is 0 Å². The van der Waals surface area contributed by atoms with Crippen LogP contribution in [0.1, 0.15) is 25.1 Å². The molecule has 0 radical (unpaired) electrons. The van der Waals surface area contributed by atoms with Gasteiger partial charge in [0.2, 0.25) is 0 Å². The van der Waals surface area contributed by atoms with Crippen LogP contribution in [0.2, 0.25) is 5.02 Å². The van der Waals surface area contributed by atoms with Crippen molar-refractivity contribution >= 4 is 17.2 Å². The zero-order chi connectivity index (χ0) is 11.5. The summed E-state index contributed by atoms with van der Waals surface area (Å²) in [5.74, 6) is 1.22. The molecular weight excluding hydrogens is 224 g/mol. The summed E-state index contributed by atoms with van der Waals surface area (Å²) < 4.78 is 1.76. The number of halogens is 1. The average molecular weight is 239 g/mol. The lowest BCUT2D eigenvalue weighted by Gasteiger charge is -2.08. The Kier molecular flexibility index (Phi) is 3.41. The highest BCUT2D eigenvalue weighted by Crippen LogP contribution is 2.17. The maximum atomic E-state index is 5.91. The lowest BCUT2D eigenvalue weighted by Crippen LogP contribution is -2.17. The summed E-state index contributed by atoms with van der Waals surface area (Å²) in [6, 6.07) is 3.64. The highest BCUT2D eigenvalue weighted by molar-refractivity contribution is 6.30. The fourth-order valence-corrected chi connectivity index (χ4v) is 1.87. The zero-order valence-corrected chi connectivity index (χ0v) is 10.2. The van der Waals surface area contributed by atoms with E-state index in [1.807, 2.05) is 25.4 Å². The first-order valence-corrected chi connectivity index (χ1v) is 5.78. The second kappa shape index (κ2) is 4.80. The Labute approximate surface area is 99.6 Å². The molecule has 4 nitrogen and oxygen atoms in total. The third kappa shape index (κ3) is 2.18. The van der Waals surface area contributed by atoms with Crippen molar-refractivity contribution < 1.29 is 0 Å². The Balaban J connectivity index is 2.37. The minimum atomic E-state index is 0.351. The normalized spacial score (nSPS) is 13.2. The maximum Gasteiger partial charge on any atom is 0.157 e. The van der Waals surface area contributed by atoms with Crippen LogP contribution in [0.3, 0.4) is 0 Å². The Hall–Kier alpha value is -1.13. The van der Waals surface area contributed by atoms with Crippen molar-refractivity contribution in [3.63, 3.8) is 0 Å². The van der Waals surface area contributed by atoms with Gasteiger partial charge in [-0.15, -0.1) is 0 Å². The molecule has 86 valence electrons. The molecule has 0 aliphatic heterocycles. The van der Waals surface area contributed by atoms with Crippen LogP contribution in [-0.4, -0.2) is 28.2 Å². The summed E-state index contributed by atoms with van der Waals surface area (Å²) >= 11 is 5.91. The number of pyridine rings is 1. The van der Waals surface area contributed by atoms with Crippen molar-refractivity contribution in [1.82, 2.24) is 19.9 Å². The lowest BCUT2D eigenvalue weighted by atomic mass is 10.1. The van der Waals surface area contributed by atoms with Crippen LogP contribution in [0.15, 0.2) is 18.3 Å². The number of rotatable bonds is 4. The van der Waals surface area contributed by atoms with Gasteiger partial charge in [0.1, 0.15) is 0 Å². The predicted molar refractivity (Wildman–Crippen MR) is 65.0 cm³/mol. The van der Waals surface area contributed by atoms with Crippen molar-refractivity contribution in [2.75, 3.05) is 13.6 Å². The number of nitrogens with zero attached hydrogens (tertiary/aromatic N) is 3.